The zero-order chi connectivity index (χ0) is 32.0. The lowest BCUT2D eigenvalue weighted by atomic mass is 10.1. The van der Waals surface area contributed by atoms with E-state index in [1.165, 1.54) is 43.2 Å². The zero-order valence-corrected chi connectivity index (χ0v) is 26.2. The van der Waals surface area contributed by atoms with Gasteiger partial charge < -0.3 is 15.0 Å². The van der Waals surface area contributed by atoms with Gasteiger partial charge in [-0.25, -0.2) is 8.42 Å². The number of nitrogens with zero attached hydrogens (tertiary/aromatic N) is 3. The number of methoxy groups -OCH3 is 1. The van der Waals surface area contributed by atoms with Gasteiger partial charge in [0, 0.05) is 24.2 Å². The van der Waals surface area contributed by atoms with Gasteiger partial charge in [-0.05, 0) is 69.5 Å². The third-order valence-corrected chi connectivity index (χ3v) is 9.68. The van der Waals surface area contributed by atoms with Crippen LogP contribution in [-0.2, 0) is 26.2 Å². The molecule has 234 valence electrons. The minimum Gasteiger partial charge on any atom is -0.497 e. The molecule has 1 aliphatic carbocycles. The molecule has 0 heterocycles. The lowest BCUT2D eigenvalue weighted by Gasteiger charge is -2.32. The fourth-order valence-corrected chi connectivity index (χ4v) is 6.77. The summed E-state index contributed by atoms with van der Waals surface area (Å²) in [6.07, 6.45) is 3.79. The quantitative estimate of drug-likeness (QED) is 0.224. The second-order valence-electron chi connectivity index (χ2n) is 11.1. The third-order valence-electron chi connectivity index (χ3n) is 7.91. The summed E-state index contributed by atoms with van der Waals surface area (Å²) in [4.78, 5) is 39.5. The van der Waals surface area contributed by atoms with E-state index in [9.17, 15) is 28.1 Å². The van der Waals surface area contributed by atoms with E-state index in [4.69, 9.17) is 4.74 Å². The van der Waals surface area contributed by atoms with Crippen molar-refractivity contribution in [2.45, 2.75) is 70.0 Å². The normalized spacial score (nSPS) is 14.1. The van der Waals surface area contributed by atoms with Gasteiger partial charge in [0.2, 0.25) is 11.8 Å². The summed E-state index contributed by atoms with van der Waals surface area (Å²) in [5.41, 5.74) is 1.85. The molecule has 12 heteroatoms. The van der Waals surface area contributed by atoms with E-state index in [0.29, 0.717) is 11.3 Å². The smallest absolute Gasteiger partial charge is 0.273 e. The maximum Gasteiger partial charge on any atom is 0.273 e. The van der Waals surface area contributed by atoms with Gasteiger partial charge >= 0.3 is 0 Å². The Morgan fingerprint density at radius 1 is 1.05 bits per heavy atom. The van der Waals surface area contributed by atoms with Crippen LogP contribution in [0.4, 0.5) is 11.4 Å². The Balaban J connectivity index is 1.73. The number of carbonyl (C=O) groups is 2. The number of ether oxygens (including phenoxy) is 1. The second kappa shape index (κ2) is 13.9. The van der Waals surface area contributed by atoms with Crippen LogP contribution in [-0.4, -0.2) is 55.8 Å². The van der Waals surface area contributed by atoms with Crippen LogP contribution in [0.3, 0.4) is 0 Å². The van der Waals surface area contributed by atoms with Crippen molar-refractivity contribution in [3.05, 3.63) is 93.5 Å². The van der Waals surface area contributed by atoms with Crippen LogP contribution < -0.4 is 14.4 Å². The lowest BCUT2D eigenvalue weighted by molar-refractivity contribution is -0.385. The molecule has 3 aromatic carbocycles. The number of anilines is 1. The number of nitro benzene ring substituents is 1. The zero-order valence-electron chi connectivity index (χ0n) is 25.4. The summed E-state index contributed by atoms with van der Waals surface area (Å²) in [5.74, 6) is -0.450. The number of rotatable bonds is 12. The number of nitro groups is 1. The number of amides is 2. The molecule has 3 aromatic rings. The van der Waals surface area contributed by atoms with Gasteiger partial charge in [0.25, 0.3) is 15.7 Å². The molecule has 0 radical (unpaired) electrons. The molecule has 0 spiro atoms. The number of carbonyl (C=O) groups excluding carboxylic acids is 2. The lowest BCUT2D eigenvalue weighted by Crippen LogP contribution is -2.52. The molecule has 4 rings (SSSR count). The Kier molecular flexibility index (Phi) is 10.3. The SMILES string of the molecule is COc1ccc(N(CC(=O)N(Cc2cccc(C)c2)C(C)C(=O)NC2CCCC2)S(=O)(=O)c2ccc(C)c([N+](=O)[O-])c2)cc1. The first-order valence-electron chi connectivity index (χ1n) is 14.5. The number of hydrogen-bond acceptors (Lipinski definition) is 7. The Labute approximate surface area is 258 Å². The van der Waals surface area contributed by atoms with Crippen molar-refractivity contribution in [3.8, 4) is 5.75 Å². The van der Waals surface area contributed by atoms with Crippen molar-refractivity contribution in [1.82, 2.24) is 10.2 Å². The van der Waals surface area contributed by atoms with E-state index < -0.39 is 33.4 Å². The molecule has 1 atom stereocenters. The van der Waals surface area contributed by atoms with Gasteiger partial charge in [-0.3, -0.25) is 24.0 Å². The molecular weight excluding hydrogens is 584 g/mol. The number of hydrogen-bond donors (Lipinski definition) is 1. The van der Waals surface area contributed by atoms with E-state index in [1.807, 2.05) is 31.2 Å². The van der Waals surface area contributed by atoms with Gasteiger partial charge in [-0.15, -0.1) is 0 Å². The molecule has 0 aliphatic heterocycles. The Morgan fingerprint density at radius 3 is 2.34 bits per heavy atom. The molecule has 0 aromatic heterocycles. The molecule has 0 saturated heterocycles. The first kappa shape index (κ1) is 32.5. The van der Waals surface area contributed by atoms with Crippen LogP contribution in [0.25, 0.3) is 0 Å². The summed E-state index contributed by atoms with van der Waals surface area (Å²) >= 11 is 0. The molecule has 1 N–H and O–H groups in total. The van der Waals surface area contributed by atoms with E-state index >= 15 is 0 Å². The van der Waals surface area contributed by atoms with Crippen molar-refractivity contribution >= 4 is 33.2 Å². The van der Waals surface area contributed by atoms with Crippen molar-refractivity contribution in [1.29, 1.82) is 0 Å². The topological polar surface area (TPSA) is 139 Å². The molecule has 2 amide bonds. The first-order valence-corrected chi connectivity index (χ1v) is 15.9. The Morgan fingerprint density at radius 2 is 1.73 bits per heavy atom. The molecule has 11 nitrogen and oxygen atoms in total. The van der Waals surface area contributed by atoms with Gasteiger partial charge in [-0.1, -0.05) is 48.7 Å². The highest BCUT2D eigenvalue weighted by Gasteiger charge is 2.34. The number of aryl methyl sites for hydroxylation is 2. The average Bonchev–Trinajstić information content (AvgIpc) is 3.51. The molecular formula is C32H38N4O7S. The molecule has 1 aliphatic rings. The maximum absolute atomic E-state index is 14.1. The summed E-state index contributed by atoms with van der Waals surface area (Å²) in [7, 11) is -3.01. The predicted octanol–water partition coefficient (Wildman–Crippen LogP) is 4.89. The summed E-state index contributed by atoms with van der Waals surface area (Å²) in [6.45, 7) is 4.49. The fraction of sp³-hybridized carbons (Fsp3) is 0.375. The molecule has 1 saturated carbocycles. The van der Waals surface area contributed by atoms with E-state index in [1.54, 1.807) is 19.1 Å². The van der Waals surface area contributed by atoms with Crippen molar-refractivity contribution in [2.24, 2.45) is 0 Å². The summed E-state index contributed by atoms with van der Waals surface area (Å²) in [6, 6.07) is 16.4. The highest BCUT2D eigenvalue weighted by atomic mass is 32.2. The largest absolute Gasteiger partial charge is 0.497 e. The van der Waals surface area contributed by atoms with Crippen LogP contribution in [0.1, 0.15) is 49.3 Å². The Hall–Kier alpha value is -4.45. The van der Waals surface area contributed by atoms with E-state index in [2.05, 4.69) is 5.32 Å². The van der Waals surface area contributed by atoms with Gasteiger partial charge in [0.05, 0.1) is 22.6 Å². The standard InChI is InChI=1S/C32H38N4O7S/c1-22-8-7-9-25(18-22)20-34(24(3)32(38)33-26-10-5-6-11-26)31(37)21-35(27-13-15-28(43-4)16-14-27)44(41,42)29-17-12-23(2)30(19-29)36(39)40/h7-9,12-19,24,26H,5-6,10-11,20-21H2,1-4H3,(H,33,38). The summed E-state index contributed by atoms with van der Waals surface area (Å²) in [5, 5.41) is 14.7. The second-order valence-corrected chi connectivity index (χ2v) is 13.0. The number of benzene rings is 3. The third kappa shape index (κ3) is 7.54. The van der Waals surface area contributed by atoms with Crippen molar-refractivity contribution < 1.29 is 27.7 Å². The maximum atomic E-state index is 14.1. The van der Waals surface area contributed by atoms with Crippen LogP contribution in [0.2, 0.25) is 0 Å². The van der Waals surface area contributed by atoms with Crippen molar-refractivity contribution in [2.75, 3.05) is 18.0 Å². The molecule has 1 fully saturated rings. The van der Waals surface area contributed by atoms with Gasteiger partial charge in [0.15, 0.2) is 0 Å². The summed E-state index contributed by atoms with van der Waals surface area (Å²) < 4.78 is 34.3. The van der Waals surface area contributed by atoms with E-state index in [-0.39, 0.29) is 34.8 Å². The van der Waals surface area contributed by atoms with E-state index in [0.717, 1.165) is 47.2 Å². The monoisotopic (exact) mass is 622 g/mol. The molecule has 44 heavy (non-hydrogen) atoms. The number of nitrogens with one attached hydrogen (secondary N) is 1. The van der Waals surface area contributed by atoms with Crippen LogP contribution in [0, 0.1) is 24.0 Å². The van der Waals surface area contributed by atoms with Crippen LogP contribution in [0.5, 0.6) is 5.75 Å². The van der Waals surface area contributed by atoms with Crippen molar-refractivity contribution in [3.63, 3.8) is 0 Å². The fourth-order valence-electron chi connectivity index (χ4n) is 5.33. The minimum atomic E-state index is -4.48. The average molecular weight is 623 g/mol. The van der Waals surface area contributed by atoms with Gasteiger partial charge in [0.1, 0.15) is 18.3 Å². The van der Waals surface area contributed by atoms with Crippen LogP contribution in [0.15, 0.2) is 71.6 Å². The highest BCUT2D eigenvalue weighted by Crippen LogP contribution is 2.29. The predicted molar refractivity (Wildman–Crippen MR) is 167 cm³/mol. The first-order chi connectivity index (χ1) is 20.9. The van der Waals surface area contributed by atoms with Gasteiger partial charge in [-0.2, -0.15) is 0 Å². The molecule has 1 unspecified atom stereocenters. The highest BCUT2D eigenvalue weighted by molar-refractivity contribution is 7.92. The van der Waals surface area contributed by atoms with Crippen LogP contribution >= 0.6 is 0 Å². The molecule has 0 bridgehead atoms. The Bertz CT molecular complexity index is 1620. The number of sulfonamides is 1. The minimum absolute atomic E-state index is 0.0365.